The van der Waals surface area contributed by atoms with Gasteiger partial charge in [0, 0.05) is 11.8 Å². The van der Waals surface area contributed by atoms with Crippen molar-refractivity contribution in [3.63, 3.8) is 0 Å². The van der Waals surface area contributed by atoms with Gasteiger partial charge >= 0.3 is 0 Å². The van der Waals surface area contributed by atoms with Crippen molar-refractivity contribution in [2.24, 2.45) is 5.14 Å². The molecule has 4 nitrogen and oxygen atoms in total. The molecule has 0 aliphatic heterocycles. The predicted octanol–water partition coefficient (Wildman–Crippen LogP) is 0.740. The van der Waals surface area contributed by atoms with Gasteiger partial charge in [0.05, 0.1) is 11.9 Å². The average molecular weight is 254 g/mol. The van der Waals surface area contributed by atoms with Gasteiger partial charge in [0.25, 0.3) is 0 Å². The lowest BCUT2D eigenvalue weighted by molar-refractivity contribution is 0.548. The normalized spacial score (nSPS) is 11.7. The lowest BCUT2D eigenvalue weighted by Crippen LogP contribution is -2.17. The maximum Gasteiger partial charge on any atom is 0.209 e. The fourth-order valence-electron chi connectivity index (χ4n) is 0.763. The van der Waals surface area contributed by atoms with Crippen molar-refractivity contribution in [1.29, 1.82) is 0 Å². The summed E-state index contributed by atoms with van der Waals surface area (Å²) in [5.41, 5.74) is 0. The Bertz CT molecular complexity index is 450. The van der Waals surface area contributed by atoms with E-state index in [0.717, 1.165) is 18.0 Å². The summed E-state index contributed by atoms with van der Waals surface area (Å²) in [6.07, 6.45) is 0.863. The number of rotatable bonds is 4. The molecule has 0 aliphatic rings. The lowest BCUT2D eigenvalue weighted by atomic mass is 10.5. The Hall–Kier alpha value is -0.730. The molecular formula is C7H8F2N2O2S2. The SMILES string of the molecule is NS(=O)(=O)CCSc1ncc(F)cc1F. The van der Waals surface area contributed by atoms with Crippen molar-refractivity contribution in [2.75, 3.05) is 11.5 Å². The van der Waals surface area contributed by atoms with Crippen molar-refractivity contribution in [2.45, 2.75) is 5.03 Å². The molecule has 1 rings (SSSR count). The first-order chi connectivity index (χ1) is 6.88. The zero-order valence-electron chi connectivity index (χ0n) is 7.48. The van der Waals surface area contributed by atoms with Crippen molar-refractivity contribution < 1.29 is 17.2 Å². The summed E-state index contributed by atoms with van der Waals surface area (Å²) in [7, 11) is -3.56. The van der Waals surface area contributed by atoms with E-state index in [1.54, 1.807) is 0 Å². The molecule has 0 aromatic carbocycles. The molecule has 1 heterocycles. The fourth-order valence-corrected chi connectivity index (χ4v) is 2.54. The Morgan fingerprint density at radius 1 is 1.47 bits per heavy atom. The zero-order valence-corrected chi connectivity index (χ0v) is 9.12. The second-order valence-electron chi connectivity index (χ2n) is 2.66. The summed E-state index contributed by atoms with van der Waals surface area (Å²) in [5, 5.41) is 4.70. The summed E-state index contributed by atoms with van der Waals surface area (Å²) < 4.78 is 46.5. The van der Waals surface area contributed by atoms with Crippen LogP contribution in [0.3, 0.4) is 0 Å². The Labute approximate surface area is 89.9 Å². The molecule has 2 N–H and O–H groups in total. The minimum atomic E-state index is -3.56. The monoisotopic (exact) mass is 254 g/mol. The third-order valence-corrected chi connectivity index (χ3v) is 3.39. The van der Waals surface area contributed by atoms with Crippen LogP contribution >= 0.6 is 11.8 Å². The van der Waals surface area contributed by atoms with Crippen LogP contribution in [0.25, 0.3) is 0 Å². The van der Waals surface area contributed by atoms with Gasteiger partial charge in [-0.3, -0.25) is 0 Å². The van der Waals surface area contributed by atoms with Crippen LogP contribution in [0.15, 0.2) is 17.3 Å². The predicted molar refractivity (Wildman–Crippen MR) is 52.9 cm³/mol. The quantitative estimate of drug-likeness (QED) is 0.804. The minimum absolute atomic E-state index is 0.0416. The number of hydrogen-bond acceptors (Lipinski definition) is 4. The third kappa shape index (κ3) is 4.54. The van der Waals surface area contributed by atoms with Gasteiger partial charge in [-0.15, -0.1) is 11.8 Å². The molecule has 0 radical (unpaired) electrons. The molecule has 0 aliphatic carbocycles. The molecule has 8 heteroatoms. The number of pyridine rings is 1. The maximum atomic E-state index is 13.0. The highest BCUT2D eigenvalue weighted by Crippen LogP contribution is 2.19. The van der Waals surface area contributed by atoms with Gasteiger partial charge in [-0.2, -0.15) is 0 Å². The first kappa shape index (κ1) is 12.3. The number of aromatic nitrogens is 1. The molecule has 0 bridgehead atoms. The molecular weight excluding hydrogens is 246 g/mol. The van der Waals surface area contributed by atoms with Crippen molar-refractivity contribution in [3.05, 3.63) is 23.9 Å². The number of thioether (sulfide) groups is 1. The standard InChI is InChI=1S/C7H8F2N2O2S2/c8-5-3-6(9)7(11-4-5)14-1-2-15(10,12)13/h3-4H,1-2H2,(H2,10,12,13). The molecule has 1 aromatic heterocycles. The molecule has 0 amide bonds. The van der Waals surface area contributed by atoms with Crippen LogP contribution in [-0.4, -0.2) is 24.9 Å². The number of primary sulfonamides is 1. The van der Waals surface area contributed by atoms with Gasteiger partial charge in [0.2, 0.25) is 10.0 Å². The molecule has 0 fully saturated rings. The van der Waals surface area contributed by atoms with Gasteiger partial charge in [-0.05, 0) is 0 Å². The fraction of sp³-hybridized carbons (Fsp3) is 0.286. The Morgan fingerprint density at radius 2 is 2.13 bits per heavy atom. The second kappa shape index (κ2) is 4.86. The second-order valence-corrected chi connectivity index (χ2v) is 5.47. The Kier molecular flexibility index (Phi) is 4.00. The lowest BCUT2D eigenvalue weighted by Gasteiger charge is -2.00. The summed E-state index contributed by atoms with van der Waals surface area (Å²) in [6, 6.07) is 0.687. The summed E-state index contributed by atoms with van der Waals surface area (Å²) >= 11 is 0.871. The van der Waals surface area contributed by atoms with E-state index in [0.29, 0.717) is 6.07 Å². The third-order valence-electron chi connectivity index (χ3n) is 1.38. The first-order valence-corrected chi connectivity index (χ1v) is 6.53. The van der Waals surface area contributed by atoms with Crippen LogP contribution in [0.2, 0.25) is 0 Å². The number of nitrogens with zero attached hydrogens (tertiary/aromatic N) is 1. The van der Waals surface area contributed by atoms with Crippen LogP contribution < -0.4 is 5.14 Å². The van der Waals surface area contributed by atoms with E-state index in [1.807, 2.05) is 0 Å². The van der Waals surface area contributed by atoms with Crippen LogP contribution in [-0.2, 0) is 10.0 Å². The Balaban J connectivity index is 2.59. The highest BCUT2D eigenvalue weighted by molar-refractivity contribution is 8.00. The van der Waals surface area contributed by atoms with Crippen LogP contribution in [0.4, 0.5) is 8.78 Å². The summed E-state index contributed by atoms with van der Waals surface area (Å²) in [4.78, 5) is 3.47. The van der Waals surface area contributed by atoms with E-state index >= 15 is 0 Å². The van der Waals surface area contributed by atoms with Gasteiger partial charge in [-0.25, -0.2) is 27.3 Å². The van der Waals surface area contributed by atoms with E-state index in [-0.39, 0.29) is 16.5 Å². The number of nitrogens with two attached hydrogens (primary N) is 1. The topological polar surface area (TPSA) is 73.1 Å². The molecule has 0 saturated carbocycles. The van der Waals surface area contributed by atoms with Crippen molar-refractivity contribution >= 4 is 21.8 Å². The molecule has 15 heavy (non-hydrogen) atoms. The number of hydrogen-bond donors (Lipinski definition) is 1. The van der Waals surface area contributed by atoms with Crippen LogP contribution in [0.5, 0.6) is 0 Å². The van der Waals surface area contributed by atoms with Crippen molar-refractivity contribution in [1.82, 2.24) is 4.98 Å². The van der Waals surface area contributed by atoms with E-state index in [1.165, 1.54) is 0 Å². The highest BCUT2D eigenvalue weighted by atomic mass is 32.2. The van der Waals surface area contributed by atoms with Gasteiger partial charge in [0.15, 0.2) is 5.82 Å². The maximum absolute atomic E-state index is 13.0. The van der Waals surface area contributed by atoms with Crippen molar-refractivity contribution in [3.8, 4) is 0 Å². The summed E-state index contributed by atoms with van der Waals surface area (Å²) in [5.74, 6) is -1.79. The van der Waals surface area contributed by atoms with E-state index in [9.17, 15) is 17.2 Å². The zero-order chi connectivity index (χ0) is 11.5. The smallest absolute Gasteiger partial charge is 0.209 e. The number of halogens is 2. The molecule has 84 valence electrons. The summed E-state index contributed by atoms with van der Waals surface area (Å²) in [6.45, 7) is 0. The van der Waals surface area contributed by atoms with Gasteiger partial charge in [-0.1, -0.05) is 0 Å². The van der Waals surface area contributed by atoms with Crippen LogP contribution in [0.1, 0.15) is 0 Å². The first-order valence-electron chi connectivity index (χ1n) is 3.83. The van der Waals surface area contributed by atoms with Gasteiger partial charge < -0.3 is 0 Å². The van der Waals surface area contributed by atoms with Crippen LogP contribution in [0, 0.1) is 11.6 Å². The minimum Gasteiger partial charge on any atom is -0.244 e. The van der Waals surface area contributed by atoms with E-state index in [4.69, 9.17) is 5.14 Å². The highest BCUT2D eigenvalue weighted by Gasteiger charge is 2.08. The average Bonchev–Trinajstić information content (AvgIpc) is 2.07. The van der Waals surface area contributed by atoms with E-state index in [2.05, 4.69) is 4.98 Å². The molecule has 1 aromatic rings. The largest absolute Gasteiger partial charge is 0.244 e. The number of sulfonamides is 1. The van der Waals surface area contributed by atoms with E-state index < -0.39 is 21.7 Å². The molecule has 0 spiro atoms. The van der Waals surface area contributed by atoms with Gasteiger partial charge in [0.1, 0.15) is 10.8 Å². The Morgan fingerprint density at radius 3 is 2.67 bits per heavy atom. The molecule has 0 saturated heterocycles. The molecule has 0 atom stereocenters. The molecule has 0 unspecified atom stereocenters.